The van der Waals surface area contributed by atoms with Crippen molar-refractivity contribution in [2.24, 2.45) is 4.99 Å². The maximum absolute atomic E-state index is 4.12. The third-order valence-corrected chi connectivity index (χ3v) is 2.35. The van der Waals surface area contributed by atoms with Crippen LogP contribution in [0.5, 0.6) is 0 Å². The normalized spacial score (nSPS) is 13.1. The van der Waals surface area contributed by atoms with Gasteiger partial charge in [0.15, 0.2) is 0 Å². The van der Waals surface area contributed by atoms with Crippen LogP contribution < -0.4 is 0 Å². The molecule has 0 amide bonds. The molecule has 1 nitrogen and oxygen atoms in total. The van der Waals surface area contributed by atoms with Gasteiger partial charge in [-0.1, -0.05) is 24.3 Å². The number of nitrogens with zero attached hydrogens (tertiary/aromatic N) is 1. The molecule has 0 bridgehead atoms. The van der Waals surface area contributed by atoms with Crippen LogP contribution in [0.4, 0.5) is 0 Å². The minimum Gasteiger partial charge on any atom is -0.293 e. The molecule has 0 radical (unpaired) electrons. The first-order chi connectivity index (χ1) is 6.65. The summed E-state index contributed by atoms with van der Waals surface area (Å²) in [6.07, 6.45) is 2.11. The second-order valence-corrected chi connectivity index (χ2v) is 3.51. The largest absolute Gasteiger partial charge is 0.293 e. The molecule has 0 unspecified atom stereocenters. The lowest BCUT2D eigenvalue weighted by Gasteiger charge is -2.05. The number of hydrogen-bond donors (Lipinski definition) is 0. The van der Waals surface area contributed by atoms with Crippen molar-refractivity contribution in [2.45, 2.75) is 20.8 Å². The van der Waals surface area contributed by atoms with Crippen LogP contribution in [0.25, 0.3) is 5.57 Å². The summed E-state index contributed by atoms with van der Waals surface area (Å²) < 4.78 is 0. The second kappa shape index (κ2) is 4.75. The van der Waals surface area contributed by atoms with Crippen LogP contribution in [-0.4, -0.2) is 12.8 Å². The second-order valence-electron chi connectivity index (χ2n) is 3.51. The van der Waals surface area contributed by atoms with Crippen LogP contribution in [-0.2, 0) is 0 Å². The van der Waals surface area contributed by atoms with E-state index in [2.05, 4.69) is 49.2 Å². The molecule has 0 aliphatic carbocycles. The van der Waals surface area contributed by atoms with Crippen molar-refractivity contribution in [1.82, 2.24) is 0 Å². The Labute approximate surface area is 86.2 Å². The smallest absolute Gasteiger partial charge is 0.0316 e. The number of aryl methyl sites for hydroxylation is 1. The van der Waals surface area contributed by atoms with Crippen LogP contribution in [0.15, 0.2) is 35.3 Å². The third-order valence-electron chi connectivity index (χ3n) is 2.35. The number of rotatable bonds is 2. The standard InChI is InChI=1S/C13H17N/c1-10-7-5-6-8-13(10)11(2)9-12(3)14-4/h5-9H,1-4H3/b11-9+,14-12?. The summed E-state index contributed by atoms with van der Waals surface area (Å²) in [5.41, 5.74) is 4.94. The van der Waals surface area contributed by atoms with Gasteiger partial charge in [-0.05, 0) is 43.5 Å². The van der Waals surface area contributed by atoms with Crippen LogP contribution in [0.3, 0.4) is 0 Å². The van der Waals surface area contributed by atoms with E-state index in [0.717, 1.165) is 5.71 Å². The summed E-state index contributed by atoms with van der Waals surface area (Å²) in [4.78, 5) is 4.12. The topological polar surface area (TPSA) is 12.4 Å². The maximum atomic E-state index is 4.12. The highest BCUT2D eigenvalue weighted by Gasteiger charge is 1.98. The van der Waals surface area contributed by atoms with Gasteiger partial charge in [0, 0.05) is 12.8 Å². The van der Waals surface area contributed by atoms with Crippen LogP contribution in [0.2, 0.25) is 0 Å². The molecule has 0 N–H and O–H groups in total. The fourth-order valence-electron chi connectivity index (χ4n) is 1.47. The van der Waals surface area contributed by atoms with E-state index >= 15 is 0 Å². The molecule has 0 saturated heterocycles. The summed E-state index contributed by atoms with van der Waals surface area (Å²) in [6, 6.07) is 8.40. The van der Waals surface area contributed by atoms with Gasteiger partial charge in [-0.15, -0.1) is 0 Å². The molecule has 0 fully saturated rings. The number of allylic oxidation sites excluding steroid dienone is 2. The zero-order chi connectivity index (χ0) is 10.6. The molecular formula is C13H17N. The van der Waals surface area contributed by atoms with Crippen molar-refractivity contribution in [3.63, 3.8) is 0 Å². The Morgan fingerprint density at radius 2 is 1.86 bits per heavy atom. The SMILES string of the molecule is CN=C(C)/C=C(\C)c1ccccc1C. The molecular weight excluding hydrogens is 170 g/mol. The predicted molar refractivity (Wildman–Crippen MR) is 63.9 cm³/mol. The summed E-state index contributed by atoms with van der Waals surface area (Å²) in [5.74, 6) is 0. The Kier molecular flexibility index (Phi) is 3.63. The van der Waals surface area contributed by atoms with Crippen molar-refractivity contribution in [3.05, 3.63) is 41.5 Å². The summed E-state index contributed by atoms with van der Waals surface area (Å²) in [5, 5.41) is 0. The highest BCUT2D eigenvalue weighted by atomic mass is 14.7. The van der Waals surface area contributed by atoms with Crippen molar-refractivity contribution in [1.29, 1.82) is 0 Å². The van der Waals surface area contributed by atoms with Gasteiger partial charge in [0.2, 0.25) is 0 Å². The Morgan fingerprint density at radius 3 is 2.43 bits per heavy atom. The minimum atomic E-state index is 1.06. The van der Waals surface area contributed by atoms with Crippen molar-refractivity contribution in [3.8, 4) is 0 Å². The van der Waals surface area contributed by atoms with E-state index < -0.39 is 0 Å². The van der Waals surface area contributed by atoms with Gasteiger partial charge < -0.3 is 0 Å². The highest BCUT2D eigenvalue weighted by molar-refractivity contribution is 5.99. The molecule has 74 valence electrons. The van der Waals surface area contributed by atoms with Gasteiger partial charge in [-0.25, -0.2) is 0 Å². The molecule has 0 heterocycles. The lowest BCUT2D eigenvalue weighted by Crippen LogP contribution is -1.89. The number of hydrogen-bond acceptors (Lipinski definition) is 1. The van der Waals surface area contributed by atoms with E-state index in [9.17, 15) is 0 Å². The molecule has 1 heteroatoms. The van der Waals surface area contributed by atoms with Crippen molar-refractivity contribution in [2.75, 3.05) is 7.05 Å². The fourth-order valence-corrected chi connectivity index (χ4v) is 1.47. The zero-order valence-corrected chi connectivity index (χ0v) is 9.33. The molecule has 1 aromatic rings. The van der Waals surface area contributed by atoms with Crippen LogP contribution in [0, 0.1) is 6.92 Å². The Morgan fingerprint density at radius 1 is 1.21 bits per heavy atom. The van der Waals surface area contributed by atoms with Gasteiger partial charge in [0.05, 0.1) is 0 Å². The number of aliphatic imine (C=N–C) groups is 1. The fraction of sp³-hybridized carbons (Fsp3) is 0.308. The van der Waals surface area contributed by atoms with Gasteiger partial charge in [-0.3, -0.25) is 4.99 Å². The van der Waals surface area contributed by atoms with Gasteiger partial charge in [0.25, 0.3) is 0 Å². The van der Waals surface area contributed by atoms with E-state index in [4.69, 9.17) is 0 Å². The first kappa shape index (κ1) is 10.7. The first-order valence-corrected chi connectivity index (χ1v) is 4.83. The van der Waals surface area contributed by atoms with E-state index in [1.807, 2.05) is 14.0 Å². The molecule has 14 heavy (non-hydrogen) atoms. The summed E-state index contributed by atoms with van der Waals surface area (Å²) in [7, 11) is 1.82. The van der Waals surface area contributed by atoms with Crippen molar-refractivity contribution < 1.29 is 0 Å². The van der Waals surface area contributed by atoms with E-state index in [1.165, 1.54) is 16.7 Å². The lowest BCUT2D eigenvalue weighted by molar-refractivity contribution is 1.40. The number of benzene rings is 1. The predicted octanol–water partition coefficient (Wildman–Crippen LogP) is 3.49. The Hall–Kier alpha value is -1.37. The molecule has 0 spiro atoms. The molecule has 0 aromatic heterocycles. The molecule has 0 aliphatic rings. The van der Waals surface area contributed by atoms with E-state index in [-0.39, 0.29) is 0 Å². The summed E-state index contributed by atoms with van der Waals surface area (Å²) >= 11 is 0. The summed E-state index contributed by atoms with van der Waals surface area (Å²) in [6.45, 7) is 6.27. The van der Waals surface area contributed by atoms with E-state index in [0.29, 0.717) is 0 Å². The van der Waals surface area contributed by atoms with Gasteiger partial charge >= 0.3 is 0 Å². The maximum Gasteiger partial charge on any atom is 0.0316 e. The average molecular weight is 187 g/mol. The minimum absolute atomic E-state index is 1.06. The lowest BCUT2D eigenvalue weighted by atomic mass is 10.0. The molecule has 0 aliphatic heterocycles. The highest BCUT2D eigenvalue weighted by Crippen LogP contribution is 2.17. The van der Waals surface area contributed by atoms with Crippen LogP contribution in [0.1, 0.15) is 25.0 Å². The monoisotopic (exact) mass is 187 g/mol. The van der Waals surface area contributed by atoms with Crippen LogP contribution >= 0.6 is 0 Å². The first-order valence-electron chi connectivity index (χ1n) is 4.83. The molecule has 0 saturated carbocycles. The molecule has 1 aromatic carbocycles. The Balaban J connectivity index is 3.07. The van der Waals surface area contributed by atoms with E-state index in [1.54, 1.807) is 0 Å². The van der Waals surface area contributed by atoms with Gasteiger partial charge in [-0.2, -0.15) is 0 Å². The quantitative estimate of drug-likeness (QED) is 0.628. The zero-order valence-electron chi connectivity index (χ0n) is 9.33. The Bertz CT molecular complexity index is 373. The molecule has 1 rings (SSSR count). The molecule has 0 atom stereocenters. The third kappa shape index (κ3) is 2.56. The van der Waals surface area contributed by atoms with Crippen molar-refractivity contribution >= 4 is 11.3 Å². The average Bonchev–Trinajstić information content (AvgIpc) is 2.18. The van der Waals surface area contributed by atoms with Gasteiger partial charge in [0.1, 0.15) is 0 Å².